The molecule has 5 aromatic rings. The molecule has 3 N–H and O–H groups in total. The molecule has 0 aliphatic rings. The molecule has 7 heteroatoms. The first-order chi connectivity index (χ1) is 15.3. The maximum atomic E-state index is 11.9. The zero-order valence-corrected chi connectivity index (χ0v) is 18.6. The predicted molar refractivity (Wildman–Crippen MR) is 127 cm³/mol. The van der Waals surface area contributed by atoms with Gasteiger partial charge in [-0.05, 0) is 41.8 Å². The van der Waals surface area contributed by atoms with E-state index in [9.17, 15) is 8.42 Å². The molecule has 6 nitrogen and oxygen atoms in total. The minimum Gasteiger partial charge on any atom is -0.371 e. The SMILES string of the molecule is Cc1ccc(C(c2c[nH]c3ccccc23)c2cn(C)c3ccccc23)c(OS(N)(=O)=O)c1. The second-order valence-corrected chi connectivity index (χ2v) is 9.20. The highest BCUT2D eigenvalue weighted by Crippen LogP contribution is 2.43. The first-order valence-corrected chi connectivity index (χ1v) is 11.7. The van der Waals surface area contributed by atoms with Gasteiger partial charge in [0.25, 0.3) is 0 Å². The van der Waals surface area contributed by atoms with E-state index >= 15 is 0 Å². The van der Waals surface area contributed by atoms with Crippen molar-refractivity contribution in [2.75, 3.05) is 0 Å². The van der Waals surface area contributed by atoms with Crippen LogP contribution in [0.1, 0.15) is 28.2 Å². The predicted octanol–water partition coefficient (Wildman–Crippen LogP) is 4.73. The average molecular weight is 446 g/mol. The highest BCUT2D eigenvalue weighted by molar-refractivity contribution is 7.84. The Labute approximate surface area is 186 Å². The normalized spacial score (nSPS) is 13.0. The number of aromatic nitrogens is 2. The Kier molecular flexibility index (Phi) is 4.80. The standard InChI is InChI=1S/C25H23N3O3S/c1-16-11-12-19(24(13-16)31-32(26,29)30)25(20-14-27-22-9-5-3-7-17(20)22)21-15-28(2)23-10-6-4-8-18(21)23/h3-15,25,27H,1-2H3,(H2,26,29,30). The number of nitrogens with two attached hydrogens (primary N) is 1. The quantitative estimate of drug-likeness (QED) is 0.410. The number of nitrogens with one attached hydrogen (secondary N) is 1. The van der Waals surface area contributed by atoms with E-state index < -0.39 is 10.3 Å². The molecule has 32 heavy (non-hydrogen) atoms. The third-order valence-corrected chi connectivity index (χ3v) is 6.27. The molecule has 0 fully saturated rings. The molecule has 162 valence electrons. The van der Waals surface area contributed by atoms with Crippen molar-refractivity contribution in [2.24, 2.45) is 12.2 Å². The number of hydrogen-bond donors (Lipinski definition) is 2. The van der Waals surface area contributed by atoms with Crippen molar-refractivity contribution in [3.8, 4) is 5.75 Å². The molecule has 1 unspecified atom stereocenters. The summed E-state index contributed by atoms with van der Waals surface area (Å²) in [5, 5.41) is 7.42. The lowest BCUT2D eigenvalue weighted by atomic mass is 9.84. The molecule has 1 atom stereocenters. The molecule has 0 aliphatic heterocycles. The van der Waals surface area contributed by atoms with Gasteiger partial charge in [-0.3, -0.25) is 0 Å². The van der Waals surface area contributed by atoms with Crippen LogP contribution in [0.3, 0.4) is 0 Å². The van der Waals surface area contributed by atoms with Gasteiger partial charge in [0.1, 0.15) is 5.75 Å². The van der Waals surface area contributed by atoms with Gasteiger partial charge in [-0.2, -0.15) is 13.6 Å². The van der Waals surface area contributed by atoms with Gasteiger partial charge >= 0.3 is 10.3 Å². The number of H-pyrrole nitrogens is 1. The van der Waals surface area contributed by atoms with E-state index in [1.165, 1.54) is 0 Å². The van der Waals surface area contributed by atoms with Crippen LogP contribution in [0.4, 0.5) is 0 Å². The van der Waals surface area contributed by atoms with E-state index in [2.05, 4.69) is 33.9 Å². The summed E-state index contributed by atoms with van der Waals surface area (Å²) < 4.78 is 31.1. The molecule has 0 saturated heterocycles. The maximum absolute atomic E-state index is 11.9. The summed E-state index contributed by atoms with van der Waals surface area (Å²) in [6.45, 7) is 1.89. The van der Waals surface area contributed by atoms with E-state index in [0.29, 0.717) is 0 Å². The monoisotopic (exact) mass is 445 g/mol. The van der Waals surface area contributed by atoms with Crippen molar-refractivity contribution in [1.29, 1.82) is 0 Å². The minimum absolute atomic E-state index is 0.232. The third-order valence-electron chi connectivity index (χ3n) is 5.86. The molecule has 0 bridgehead atoms. The number of aryl methyl sites for hydroxylation is 2. The summed E-state index contributed by atoms with van der Waals surface area (Å²) in [5.74, 6) is -0.0506. The van der Waals surface area contributed by atoms with Gasteiger partial charge in [0.15, 0.2) is 0 Å². The molecule has 0 amide bonds. The third kappa shape index (κ3) is 3.55. The first-order valence-electron chi connectivity index (χ1n) is 10.2. The van der Waals surface area contributed by atoms with Gasteiger partial charge in [0.2, 0.25) is 0 Å². The van der Waals surface area contributed by atoms with Crippen molar-refractivity contribution in [2.45, 2.75) is 12.8 Å². The van der Waals surface area contributed by atoms with Crippen LogP contribution in [-0.4, -0.2) is 18.0 Å². The fourth-order valence-electron chi connectivity index (χ4n) is 4.52. The summed E-state index contributed by atoms with van der Waals surface area (Å²) in [5.41, 5.74) is 5.78. The van der Waals surface area contributed by atoms with E-state index in [0.717, 1.165) is 44.1 Å². The molecular weight excluding hydrogens is 422 g/mol. The second kappa shape index (κ2) is 7.55. The van der Waals surface area contributed by atoms with Gasteiger partial charge in [0.05, 0.1) is 0 Å². The van der Waals surface area contributed by atoms with E-state index in [1.54, 1.807) is 6.07 Å². The van der Waals surface area contributed by atoms with Gasteiger partial charge in [-0.1, -0.05) is 48.5 Å². The Balaban J connectivity index is 1.85. The second-order valence-electron chi connectivity index (χ2n) is 8.05. The average Bonchev–Trinajstić information content (AvgIpc) is 3.31. The number of fused-ring (bicyclic) bond motifs is 2. The van der Waals surface area contributed by atoms with Crippen molar-refractivity contribution in [3.63, 3.8) is 0 Å². The number of hydrogen-bond acceptors (Lipinski definition) is 3. The van der Waals surface area contributed by atoms with Crippen LogP contribution in [0, 0.1) is 6.92 Å². The van der Waals surface area contributed by atoms with Crippen molar-refractivity contribution in [1.82, 2.24) is 9.55 Å². The Bertz CT molecular complexity index is 1560. The molecule has 0 aliphatic carbocycles. The molecule has 0 saturated carbocycles. The summed E-state index contributed by atoms with van der Waals surface area (Å²) in [6.07, 6.45) is 4.08. The van der Waals surface area contributed by atoms with Crippen LogP contribution in [-0.2, 0) is 17.4 Å². The lowest BCUT2D eigenvalue weighted by molar-refractivity contribution is 0.484. The molecule has 2 aromatic heterocycles. The summed E-state index contributed by atoms with van der Waals surface area (Å²) >= 11 is 0. The zero-order chi connectivity index (χ0) is 22.5. The van der Waals surface area contributed by atoms with E-state index in [4.69, 9.17) is 9.32 Å². The van der Waals surface area contributed by atoms with Crippen LogP contribution < -0.4 is 9.32 Å². The smallest absolute Gasteiger partial charge is 0.371 e. The van der Waals surface area contributed by atoms with Crippen LogP contribution in [0.2, 0.25) is 0 Å². The first kappa shape index (κ1) is 20.4. The van der Waals surface area contributed by atoms with Gasteiger partial charge in [-0.25, -0.2) is 0 Å². The van der Waals surface area contributed by atoms with Gasteiger partial charge in [-0.15, -0.1) is 0 Å². The molecule has 3 aromatic carbocycles. The number of para-hydroxylation sites is 2. The van der Waals surface area contributed by atoms with Crippen molar-refractivity contribution in [3.05, 3.63) is 101 Å². The van der Waals surface area contributed by atoms with Crippen LogP contribution in [0.5, 0.6) is 5.75 Å². The molecule has 0 radical (unpaired) electrons. The fourth-order valence-corrected chi connectivity index (χ4v) is 4.91. The Morgan fingerprint density at radius 3 is 2.44 bits per heavy atom. The van der Waals surface area contributed by atoms with E-state index in [-0.39, 0.29) is 11.7 Å². The fraction of sp³-hybridized carbons (Fsp3) is 0.120. The minimum atomic E-state index is -4.19. The Morgan fingerprint density at radius 1 is 0.938 bits per heavy atom. The molecule has 2 heterocycles. The highest BCUT2D eigenvalue weighted by atomic mass is 32.2. The number of benzene rings is 3. The largest absolute Gasteiger partial charge is 0.380 e. The number of rotatable bonds is 5. The molecule has 0 spiro atoms. The number of nitrogens with zero attached hydrogens (tertiary/aromatic N) is 1. The van der Waals surface area contributed by atoms with Crippen molar-refractivity contribution >= 4 is 32.1 Å². The highest BCUT2D eigenvalue weighted by Gasteiger charge is 2.27. The Hall–Kier alpha value is -3.55. The maximum Gasteiger partial charge on any atom is 0.380 e. The van der Waals surface area contributed by atoms with E-state index in [1.807, 2.05) is 62.6 Å². The number of aromatic amines is 1. The van der Waals surface area contributed by atoms with Crippen molar-refractivity contribution < 1.29 is 12.6 Å². The zero-order valence-electron chi connectivity index (χ0n) is 17.7. The lowest BCUT2D eigenvalue weighted by Crippen LogP contribution is -2.20. The van der Waals surface area contributed by atoms with Crippen LogP contribution in [0.15, 0.2) is 79.1 Å². The molecular formula is C25H23N3O3S. The summed E-state index contributed by atoms with van der Waals surface area (Å²) in [4.78, 5) is 3.35. The van der Waals surface area contributed by atoms with Gasteiger partial charge in [0, 0.05) is 52.7 Å². The Morgan fingerprint density at radius 2 is 1.66 bits per heavy atom. The van der Waals surface area contributed by atoms with Crippen LogP contribution >= 0.6 is 0 Å². The summed E-state index contributed by atoms with van der Waals surface area (Å²) in [7, 11) is -2.18. The van der Waals surface area contributed by atoms with Gasteiger partial charge < -0.3 is 13.7 Å². The molecule has 5 rings (SSSR count). The lowest BCUT2D eigenvalue weighted by Gasteiger charge is -2.20. The topological polar surface area (TPSA) is 90.1 Å². The summed E-state index contributed by atoms with van der Waals surface area (Å²) in [6, 6.07) is 21.8. The van der Waals surface area contributed by atoms with Crippen LogP contribution in [0.25, 0.3) is 21.8 Å².